The van der Waals surface area contributed by atoms with Gasteiger partial charge >= 0.3 is 0 Å². The van der Waals surface area contributed by atoms with Gasteiger partial charge in [-0.3, -0.25) is 4.79 Å². The maximum absolute atomic E-state index is 13.0. The highest BCUT2D eigenvalue weighted by atomic mass is 32.2. The zero-order valence-electron chi connectivity index (χ0n) is 17.2. The Balaban J connectivity index is 1.35. The molecule has 1 heterocycles. The average molecular weight is 472 g/mol. The lowest BCUT2D eigenvalue weighted by Crippen LogP contribution is -2.23. The largest absolute Gasteiger partial charge is 0.457 e. The van der Waals surface area contributed by atoms with Crippen molar-refractivity contribution in [2.24, 2.45) is 0 Å². The lowest BCUT2D eigenvalue weighted by atomic mass is 10.2. The van der Waals surface area contributed by atoms with Crippen LogP contribution < -0.4 is 10.1 Å². The summed E-state index contributed by atoms with van der Waals surface area (Å²) in [4.78, 5) is 13.6. The molecule has 0 bridgehead atoms. The Kier molecular flexibility index (Phi) is 6.81. The van der Waals surface area contributed by atoms with Crippen molar-refractivity contribution in [3.63, 3.8) is 0 Å². The van der Waals surface area contributed by atoms with E-state index in [9.17, 15) is 17.6 Å². The third kappa shape index (κ3) is 5.89. The molecule has 166 valence electrons. The molecule has 32 heavy (non-hydrogen) atoms. The van der Waals surface area contributed by atoms with Gasteiger partial charge in [-0.2, -0.15) is 0 Å². The fourth-order valence-electron chi connectivity index (χ4n) is 3.38. The zero-order chi connectivity index (χ0) is 22.6. The molecule has 3 aromatic rings. The van der Waals surface area contributed by atoms with E-state index in [1.165, 1.54) is 23.9 Å². The monoisotopic (exact) mass is 471 g/mol. The van der Waals surface area contributed by atoms with Gasteiger partial charge < -0.3 is 10.1 Å². The van der Waals surface area contributed by atoms with E-state index in [-0.39, 0.29) is 28.5 Å². The standard InChI is InChI=1S/C24H22FNO4S2/c25-18-7-11-20(12-8-18)30-19-9-5-17(6-10-19)15-26-24(27)22-3-1-2-4-23(22)31-21-13-14-32(28,29)16-21/h1-12,21H,13-16H2,(H,26,27)/t21-/m0/s1. The van der Waals surface area contributed by atoms with Crippen LogP contribution in [0.25, 0.3) is 0 Å². The van der Waals surface area contributed by atoms with Crippen molar-refractivity contribution < 1.29 is 22.3 Å². The van der Waals surface area contributed by atoms with Crippen LogP contribution in [0, 0.1) is 5.82 Å². The van der Waals surface area contributed by atoms with Crippen LogP contribution in [-0.4, -0.2) is 31.1 Å². The van der Waals surface area contributed by atoms with Gasteiger partial charge in [0.2, 0.25) is 0 Å². The van der Waals surface area contributed by atoms with Crippen LogP contribution in [0.5, 0.6) is 11.5 Å². The van der Waals surface area contributed by atoms with Gasteiger partial charge in [0.1, 0.15) is 17.3 Å². The van der Waals surface area contributed by atoms with Gasteiger partial charge in [-0.1, -0.05) is 24.3 Å². The maximum atomic E-state index is 13.0. The van der Waals surface area contributed by atoms with Crippen LogP contribution in [-0.2, 0) is 16.4 Å². The average Bonchev–Trinajstić information content (AvgIpc) is 3.13. The summed E-state index contributed by atoms with van der Waals surface area (Å²) in [6, 6.07) is 20.3. The summed E-state index contributed by atoms with van der Waals surface area (Å²) in [6.45, 7) is 0.340. The van der Waals surface area contributed by atoms with Crippen molar-refractivity contribution in [1.82, 2.24) is 5.32 Å². The van der Waals surface area contributed by atoms with Crippen molar-refractivity contribution in [2.75, 3.05) is 11.5 Å². The highest BCUT2D eigenvalue weighted by Crippen LogP contribution is 2.33. The Morgan fingerprint density at radius 1 is 1.00 bits per heavy atom. The molecule has 0 spiro atoms. The number of carbonyl (C=O) groups excluding carboxylic acids is 1. The van der Waals surface area contributed by atoms with Crippen molar-refractivity contribution in [1.29, 1.82) is 0 Å². The topological polar surface area (TPSA) is 72.5 Å². The van der Waals surface area contributed by atoms with E-state index in [1.54, 1.807) is 36.4 Å². The number of carbonyl (C=O) groups is 1. The van der Waals surface area contributed by atoms with Gasteiger partial charge in [-0.15, -0.1) is 11.8 Å². The third-order valence-electron chi connectivity index (χ3n) is 5.04. The minimum absolute atomic E-state index is 0.0254. The van der Waals surface area contributed by atoms with Gasteiger partial charge in [0.25, 0.3) is 5.91 Å². The third-order valence-corrected chi connectivity index (χ3v) is 8.37. The fourth-order valence-corrected chi connectivity index (χ4v) is 7.01. The predicted octanol–water partition coefficient (Wildman–Crippen LogP) is 4.83. The minimum Gasteiger partial charge on any atom is -0.457 e. The van der Waals surface area contributed by atoms with E-state index < -0.39 is 9.84 Å². The van der Waals surface area contributed by atoms with E-state index in [1.807, 2.05) is 24.3 Å². The number of thioether (sulfide) groups is 1. The molecule has 8 heteroatoms. The Labute approximate surface area is 190 Å². The summed E-state index contributed by atoms with van der Waals surface area (Å²) in [5.41, 5.74) is 1.44. The van der Waals surface area contributed by atoms with Gasteiger partial charge in [0.05, 0.1) is 17.1 Å². The van der Waals surface area contributed by atoms with E-state index in [0.717, 1.165) is 10.5 Å². The molecule has 1 amide bonds. The highest BCUT2D eigenvalue weighted by molar-refractivity contribution is 8.02. The van der Waals surface area contributed by atoms with Gasteiger partial charge in [0, 0.05) is 16.7 Å². The molecule has 0 aliphatic carbocycles. The maximum Gasteiger partial charge on any atom is 0.252 e. The molecule has 0 radical (unpaired) electrons. The van der Waals surface area contributed by atoms with Crippen LogP contribution in [0.3, 0.4) is 0 Å². The highest BCUT2D eigenvalue weighted by Gasteiger charge is 2.29. The first-order chi connectivity index (χ1) is 15.4. The number of ether oxygens (including phenoxy) is 1. The summed E-state index contributed by atoms with van der Waals surface area (Å²) < 4.78 is 42.1. The molecule has 0 saturated carbocycles. The second kappa shape index (κ2) is 9.75. The Morgan fingerprint density at radius 2 is 1.66 bits per heavy atom. The predicted molar refractivity (Wildman–Crippen MR) is 123 cm³/mol. The number of nitrogens with one attached hydrogen (secondary N) is 1. The molecule has 0 unspecified atom stereocenters. The lowest BCUT2D eigenvalue weighted by molar-refractivity contribution is 0.0948. The SMILES string of the molecule is O=C(NCc1ccc(Oc2ccc(F)cc2)cc1)c1ccccc1S[C@H]1CCS(=O)(=O)C1. The summed E-state index contributed by atoms with van der Waals surface area (Å²) >= 11 is 1.45. The van der Waals surface area contributed by atoms with Crippen LogP contribution in [0.1, 0.15) is 22.3 Å². The molecule has 1 fully saturated rings. The number of benzene rings is 3. The van der Waals surface area contributed by atoms with Gasteiger partial charge in [0.15, 0.2) is 9.84 Å². The molecule has 1 N–H and O–H groups in total. The first kappa shape index (κ1) is 22.4. The zero-order valence-corrected chi connectivity index (χ0v) is 18.8. The lowest BCUT2D eigenvalue weighted by Gasteiger charge is -2.13. The Bertz CT molecular complexity index is 1200. The van der Waals surface area contributed by atoms with Crippen LogP contribution in [0.15, 0.2) is 77.7 Å². The smallest absolute Gasteiger partial charge is 0.252 e. The molecular formula is C24H22FNO4S2. The van der Waals surface area contributed by atoms with Gasteiger partial charge in [-0.05, 0) is 60.5 Å². The number of rotatable bonds is 7. The van der Waals surface area contributed by atoms with Crippen LogP contribution in [0.4, 0.5) is 4.39 Å². The summed E-state index contributed by atoms with van der Waals surface area (Å²) in [7, 11) is -2.97. The molecule has 1 atom stereocenters. The van der Waals surface area contributed by atoms with E-state index >= 15 is 0 Å². The molecule has 1 saturated heterocycles. The fraction of sp³-hybridized carbons (Fsp3) is 0.208. The number of halogens is 1. The second-order valence-electron chi connectivity index (χ2n) is 7.52. The van der Waals surface area contributed by atoms with Crippen LogP contribution >= 0.6 is 11.8 Å². The first-order valence-electron chi connectivity index (χ1n) is 10.1. The van der Waals surface area contributed by atoms with E-state index in [0.29, 0.717) is 30.0 Å². The minimum atomic E-state index is -2.97. The van der Waals surface area contributed by atoms with Crippen molar-refractivity contribution >= 4 is 27.5 Å². The summed E-state index contributed by atoms with van der Waals surface area (Å²) in [5.74, 6) is 0.980. The van der Waals surface area contributed by atoms with Gasteiger partial charge in [-0.25, -0.2) is 12.8 Å². The molecule has 0 aromatic heterocycles. The molecule has 1 aliphatic heterocycles. The summed E-state index contributed by atoms with van der Waals surface area (Å²) in [5, 5.41) is 2.89. The number of sulfone groups is 1. The first-order valence-corrected chi connectivity index (χ1v) is 12.8. The molecule has 1 aliphatic rings. The molecule has 5 nitrogen and oxygen atoms in total. The summed E-state index contributed by atoms with van der Waals surface area (Å²) in [6.07, 6.45) is 0.606. The normalized spacial score (nSPS) is 17.1. The molecule has 3 aromatic carbocycles. The number of amides is 1. The van der Waals surface area contributed by atoms with Crippen molar-refractivity contribution in [2.45, 2.75) is 23.1 Å². The number of hydrogen-bond donors (Lipinski definition) is 1. The Hall–Kier alpha value is -2.84. The van der Waals surface area contributed by atoms with Crippen LogP contribution in [0.2, 0.25) is 0 Å². The van der Waals surface area contributed by atoms with E-state index in [4.69, 9.17) is 4.74 Å². The number of hydrogen-bond acceptors (Lipinski definition) is 5. The quantitative estimate of drug-likeness (QED) is 0.535. The second-order valence-corrected chi connectivity index (χ2v) is 11.1. The van der Waals surface area contributed by atoms with Crippen molar-refractivity contribution in [3.8, 4) is 11.5 Å². The van der Waals surface area contributed by atoms with E-state index in [2.05, 4.69) is 5.32 Å². The molecular weight excluding hydrogens is 449 g/mol. The Morgan fingerprint density at radius 3 is 2.31 bits per heavy atom. The molecule has 4 rings (SSSR count). The van der Waals surface area contributed by atoms with Crippen molar-refractivity contribution in [3.05, 3.63) is 89.7 Å².